The Hall–Kier alpha value is -0.710. The third kappa shape index (κ3) is 2.27. The van der Waals surface area contributed by atoms with Gasteiger partial charge in [-0.2, -0.15) is 11.3 Å². The molecule has 0 saturated carbocycles. The lowest BCUT2D eigenvalue weighted by molar-refractivity contribution is 0.103. The van der Waals surface area contributed by atoms with Gasteiger partial charge in [-0.05, 0) is 28.1 Å². The van der Waals surface area contributed by atoms with Crippen molar-refractivity contribution in [1.29, 1.82) is 0 Å². The van der Waals surface area contributed by atoms with Gasteiger partial charge in [0.2, 0.25) is 0 Å². The highest BCUT2D eigenvalue weighted by molar-refractivity contribution is 9.10. The summed E-state index contributed by atoms with van der Waals surface area (Å²) in [5.74, 6) is -0.0488. The zero-order valence-corrected chi connectivity index (χ0v) is 10.6. The molecule has 76 valence electrons. The third-order valence-corrected chi connectivity index (χ3v) is 3.78. The normalized spacial score (nSPS) is 10.3. The van der Waals surface area contributed by atoms with Crippen LogP contribution in [0.4, 0.5) is 0 Å². The molecular formula is C10H5BrClNOS. The Bertz CT molecular complexity index is 494. The van der Waals surface area contributed by atoms with Gasteiger partial charge in [-0.3, -0.25) is 4.79 Å². The molecule has 0 fully saturated rings. The topological polar surface area (TPSA) is 30.0 Å². The van der Waals surface area contributed by atoms with Gasteiger partial charge in [-0.1, -0.05) is 11.6 Å². The number of hydrogen-bond acceptors (Lipinski definition) is 3. The SMILES string of the molecule is O=C(c1ccc(Cl)nc1)c1cscc1Br. The summed E-state index contributed by atoms with van der Waals surface area (Å²) in [4.78, 5) is 15.8. The molecule has 0 N–H and O–H groups in total. The molecule has 2 aromatic rings. The molecule has 15 heavy (non-hydrogen) atoms. The van der Waals surface area contributed by atoms with Crippen LogP contribution in [-0.2, 0) is 0 Å². The fourth-order valence-electron chi connectivity index (χ4n) is 1.11. The van der Waals surface area contributed by atoms with Gasteiger partial charge in [0.25, 0.3) is 0 Å². The Morgan fingerprint density at radius 2 is 2.20 bits per heavy atom. The quantitative estimate of drug-likeness (QED) is 0.624. The fraction of sp³-hybridized carbons (Fsp3) is 0. The molecular weight excluding hydrogens is 298 g/mol. The average Bonchev–Trinajstić information content (AvgIpc) is 2.65. The fourth-order valence-corrected chi connectivity index (χ4v) is 2.68. The molecule has 0 aliphatic carbocycles. The van der Waals surface area contributed by atoms with Gasteiger partial charge < -0.3 is 0 Å². The number of nitrogens with zero attached hydrogens (tertiary/aromatic N) is 1. The highest BCUT2D eigenvalue weighted by Gasteiger charge is 2.13. The van der Waals surface area contributed by atoms with Crippen molar-refractivity contribution in [2.45, 2.75) is 0 Å². The first-order valence-electron chi connectivity index (χ1n) is 4.06. The van der Waals surface area contributed by atoms with E-state index in [1.165, 1.54) is 17.5 Å². The largest absolute Gasteiger partial charge is 0.288 e. The molecule has 0 aliphatic heterocycles. The molecule has 2 heterocycles. The minimum atomic E-state index is -0.0488. The molecule has 0 radical (unpaired) electrons. The lowest BCUT2D eigenvalue weighted by atomic mass is 10.1. The van der Waals surface area contributed by atoms with Crippen LogP contribution in [0.1, 0.15) is 15.9 Å². The molecule has 2 rings (SSSR count). The summed E-state index contributed by atoms with van der Waals surface area (Å²) in [5.41, 5.74) is 1.20. The Morgan fingerprint density at radius 3 is 2.73 bits per heavy atom. The van der Waals surface area contributed by atoms with Crippen molar-refractivity contribution in [1.82, 2.24) is 4.98 Å². The van der Waals surface area contributed by atoms with Crippen molar-refractivity contribution < 1.29 is 4.79 Å². The summed E-state index contributed by atoms with van der Waals surface area (Å²) < 4.78 is 0.812. The smallest absolute Gasteiger partial charge is 0.196 e. The Morgan fingerprint density at radius 1 is 1.40 bits per heavy atom. The molecule has 0 amide bonds. The molecule has 0 saturated heterocycles. The van der Waals surface area contributed by atoms with E-state index in [9.17, 15) is 4.79 Å². The van der Waals surface area contributed by atoms with E-state index in [1.54, 1.807) is 17.5 Å². The van der Waals surface area contributed by atoms with Crippen LogP contribution in [0.5, 0.6) is 0 Å². The molecule has 0 bridgehead atoms. The van der Waals surface area contributed by atoms with Crippen LogP contribution in [0, 0.1) is 0 Å². The van der Waals surface area contributed by atoms with E-state index in [1.807, 2.05) is 5.38 Å². The van der Waals surface area contributed by atoms with Crippen LogP contribution in [-0.4, -0.2) is 10.8 Å². The van der Waals surface area contributed by atoms with Crippen molar-refractivity contribution in [2.75, 3.05) is 0 Å². The molecule has 0 aliphatic rings. The van der Waals surface area contributed by atoms with Gasteiger partial charge in [0.1, 0.15) is 5.15 Å². The van der Waals surface area contributed by atoms with E-state index in [-0.39, 0.29) is 5.78 Å². The lowest BCUT2D eigenvalue weighted by Gasteiger charge is -1.98. The van der Waals surface area contributed by atoms with Crippen molar-refractivity contribution in [3.05, 3.63) is 49.8 Å². The Labute approximate surface area is 104 Å². The second-order valence-corrected chi connectivity index (χ2v) is 4.82. The monoisotopic (exact) mass is 301 g/mol. The maximum Gasteiger partial charge on any atom is 0.196 e. The molecule has 0 atom stereocenters. The number of pyridine rings is 1. The van der Waals surface area contributed by atoms with E-state index in [4.69, 9.17) is 11.6 Å². The van der Waals surface area contributed by atoms with Gasteiger partial charge in [0.15, 0.2) is 5.78 Å². The van der Waals surface area contributed by atoms with Gasteiger partial charge >= 0.3 is 0 Å². The van der Waals surface area contributed by atoms with Gasteiger partial charge in [-0.15, -0.1) is 0 Å². The van der Waals surface area contributed by atoms with Gasteiger partial charge in [0.05, 0.1) is 0 Å². The summed E-state index contributed by atoms with van der Waals surface area (Å²) in [6.45, 7) is 0. The van der Waals surface area contributed by atoms with Crippen molar-refractivity contribution >= 4 is 44.7 Å². The first-order chi connectivity index (χ1) is 7.18. The van der Waals surface area contributed by atoms with Crippen LogP contribution in [0.15, 0.2) is 33.6 Å². The van der Waals surface area contributed by atoms with Crippen LogP contribution in [0.2, 0.25) is 5.15 Å². The maximum atomic E-state index is 11.9. The Kier molecular flexibility index (Phi) is 3.19. The zero-order valence-electron chi connectivity index (χ0n) is 7.41. The standard InChI is InChI=1S/C10H5BrClNOS/c11-8-5-15-4-7(8)10(14)6-1-2-9(12)13-3-6/h1-5H. The molecule has 0 spiro atoms. The summed E-state index contributed by atoms with van der Waals surface area (Å²) >= 11 is 10.4. The number of ketones is 1. The minimum Gasteiger partial charge on any atom is -0.288 e. The predicted molar refractivity (Wildman–Crippen MR) is 64.7 cm³/mol. The Balaban J connectivity index is 2.37. The first-order valence-corrected chi connectivity index (χ1v) is 6.18. The second-order valence-electron chi connectivity index (χ2n) is 2.83. The van der Waals surface area contributed by atoms with E-state index in [2.05, 4.69) is 20.9 Å². The summed E-state index contributed by atoms with van der Waals surface area (Å²) in [5, 5.41) is 4.06. The average molecular weight is 303 g/mol. The molecule has 2 nitrogen and oxygen atoms in total. The van der Waals surface area contributed by atoms with Gasteiger partial charge in [-0.25, -0.2) is 4.98 Å². The van der Waals surface area contributed by atoms with E-state index >= 15 is 0 Å². The second kappa shape index (κ2) is 4.43. The van der Waals surface area contributed by atoms with Crippen molar-refractivity contribution in [3.8, 4) is 0 Å². The maximum absolute atomic E-state index is 11.9. The summed E-state index contributed by atoms with van der Waals surface area (Å²) in [7, 11) is 0. The molecule has 0 aromatic carbocycles. The number of halogens is 2. The van der Waals surface area contributed by atoms with Crippen LogP contribution in [0.3, 0.4) is 0 Å². The number of rotatable bonds is 2. The minimum absolute atomic E-state index is 0.0488. The number of hydrogen-bond donors (Lipinski definition) is 0. The number of carbonyl (C=O) groups excluding carboxylic acids is 1. The van der Waals surface area contributed by atoms with Crippen LogP contribution >= 0.6 is 38.9 Å². The van der Waals surface area contributed by atoms with Crippen molar-refractivity contribution in [3.63, 3.8) is 0 Å². The molecule has 5 heteroatoms. The van der Waals surface area contributed by atoms with Crippen LogP contribution < -0.4 is 0 Å². The summed E-state index contributed by atoms with van der Waals surface area (Å²) in [6.07, 6.45) is 1.48. The number of thiophene rings is 1. The highest BCUT2D eigenvalue weighted by atomic mass is 79.9. The van der Waals surface area contributed by atoms with E-state index < -0.39 is 0 Å². The van der Waals surface area contributed by atoms with Crippen LogP contribution in [0.25, 0.3) is 0 Å². The van der Waals surface area contributed by atoms with E-state index in [0.717, 1.165) is 4.47 Å². The molecule has 0 unspecified atom stereocenters. The first kappa shape index (κ1) is 10.8. The number of carbonyl (C=O) groups is 1. The summed E-state index contributed by atoms with van der Waals surface area (Å²) in [6, 6.07) is 3.27. The van der Waals surface area contributed by atoms with E-state index in [0.29, 0.717) is 16.3 Å². The van der Waals surface area contributed by atoms with Crippen molar-refractivity contribution in [2.24, 2.45) is 0 Å². The number of aromatic nitrogens is 1. The van der Waals surface area contributed by atoms with Gasteiger partial charge in [0, 0.05) is 32.6 Å². The third-order valence-electron chi connectivity index (χ3n) is 1.85. The molecule has 2 aromatic heterocycles. The predicted octanol–water partition coefficient (Wildman–Crippen LogP) is 3.79. The lowest BCUT2D eigenvalue weighted by Crippen LogP contribution is -2.00. The zero-order chi connectivity index (χ0) is 10.8. The highest BCUT2D eigenvalue weighted by Crippen LogP contribution is 2.24.